The van der Waals surface area contributed by atoms with Gasteiger partial charge in [0.1, 0.15) is 6.04 Å². The topological polar surface area (TPSA) is 67.2 Å². The van der Waals surface area contributed by atoms with Gasteiger partial charge in [0.25, 0.3) is 0 Å². The van der Waals surface area contributed by atoms with E-state index in [2.05, 4.69) is 10.4 Å². The first-order valence-electron chi connectivity index (χ1n) is 7.81. The molecule has 2 amide bonds. The summed E-state index contributed by atoms with van der Waals surface area (Å²) in [5.41, 5.74) is 0.946. The van der Waals surface area contributed by atoms with Crippen LogP contribution >= 0.6 is 0 Å². The van der Waals surface area contributed by atoms with Crippen LogP contribution in [-0.4, -0.2) is 39.1 Å². The number of fused-ring (bicyclic) bond motifs is 1. The Morgan fingerprint density at radius 1 is 1.29 bits per heavy atom. The van der Waals surface area contributed by atoms with Crippen molar-refractivity contribution in [2.24, 2.45) is 5.92 Å². The summed E-state index contributed by atoms with van der Waals surface area (Å²) < 4.78 is 1.78. The summed E-state index contributed by atoms with van der Waals surface area (Å²) in [7, 11) is 0. The summed E-state index contributed by atoms with van der Waals surface area (Å²) in [6, 6.07) is 1.84. The number of hydrogen-bond acceptors (Lipinski definition) is 3. The maximum absolute atomic E-state index is 12.4. The number of carbonyl (C=O) groups is 2. The van der Waals surface area contributed by atoms with Crippen LogP contribution in [0.15, 0.2) is 12.3 Å². The van der Waals surface area contributed by atoms with Gasteiger partial charge in [0, 0.05) is 18.7 Å². The van der Waals surface area contributed by atoms with Crippen molar-refractivity contribution in [2.45, 2.75) is 50.7 Å². The van der Waals surface area contributed by atoms with Gasteiger partial charge in [-0.2, -0.15) is 5.10 Å². The van der Waals surface area contributed by atoms with E-state index >= 15 is 0 Å². The van der Waals surface area contributed by atoms with Crippen LogP contribution in [-0.2, 0) is 16.1 Å². The van der Waals surface area contributed by atoms with Crippen molar-refractivity contribution in [2.75, 3.05) is 6.54 Å². The first-order valence-corrected chi connectivity index (χ1v) is 7.81. The Balaban J connectivity index is 1.51. The molecule has 1 N–H and O–H groups in total. The molecule has 0 unspecified atom stereocenters. The highest BCUT2D eigenvalue weighted by molar-refractivity contribution is 5.83. The van der Waals surface area contributed by atoms with E-state index in [0.717, 1.165) is 18.5 Å². The van der Waals surface area contributed by atoms with Crippen molar-refractivity contribution in [3.05, 3.63) is 18.0 Å². The van der Waals surface area contributed by atoms with Crippen molar-refractivity contribution >= 4 is 11.8 Å². The first kappa shape index (κ1) is 12.9. The van der Waals surface area contributed by atoms with Crippen molar-refractivity contribution in [3.63, 3.8) is 0 Å². The Labute approximate surface area is 123 Å². The van der Waals surface area contributed by atoms with E-state index in [0.29, 0.717) is 31.5 Å². The van der Waals surface area contributed by atoms with Crippen LogP contribution in [0.4, 0.5) is 0 Å². The van der Waals surface area contributed by atoms with Crippen LogP contribution in [0.25, 0.3) is 0 Å². The number of amides is 2. The predicted octanol–water partition coefficient (Wildman–Crippen LogP) is 0.845. The lowest BCUT2D eigenvalue weighted by Gasteiger charge is -2.33. The highest BCUT2D eigenvalue weighted by Crippen LogP contribution is 2.34. The van der Waals surface area contributed by atoms with E-state index in [-0.39, 0.29) is 17.9 Å². The molecule has 1 aliphatic heterocycles. The van der Waals surface area contributed by atoms with Gasteiger partial charge in [-0.1, -0.05) is 0 Å². The number of hydrogen-bond donors (Lipinski definition) is 1. The van der Waals surface area contributed by atoms with E-state index in [9.17, 15) is 9.59 Å². The molecule has 0 radical (unpaired) electrons. The monoisotopic (exact) mass is 288 g/mol. The lowest BCUT2D eigenvalue weighted by atomic mass is 10.1. The molecule has 2 aliphatic carbocycles. The van der Waals surface area contributed by atoms with Gasteiger partial charge >= 0.3 is 0 Å². The van der Waals surface area contributed by atoms with Crippen LogP contribution in [0.2, 0.25) is 0 Å². The van der Waals surface area contributed by atoms with Gasteiger partial charge in [0.15, 0.2) is 0 Å². The zero-order valence-corrected chi connectivity index (χ0v) is 12.0. The molecule has 2 heterocycles. The molecule has 112 valence electrons. The van der Waals surface area contributed by atoms with Crippen LogP contribution in [0.1, 0.15) is 43.8 Å². The van der Waals surface area contributed by atoms with Crippen molar-refractivity contribution in [3.8, 4) is 0 Å². The third-order valence-corrected chi connectivity index (χ3v) is 4.53. The summed E-state index contributed by atoms with van der Waals surface area (Å²) in [4.78, 5) is 26.6. The second-order valence-electron chi connectivity index (χ2n) is 6.49. The van der Waals surface area contributed by atoms with Crippen LogP contribution < -0.4 is 5.32 Å². The molecule has 0 bridgehead atoms. The number of nitrogens with zero attached hydrogens (tertiary/aromatic N) is 3. The van der Waals surface area contributed by atoms with E-state index in [1.54, 1.807) is 10.9 Å². The summed E-state index contributed by atoms with van der Waals surface area (Å²) in [5.74, 6) is 0.739. The first-order chi connectivity index (χ1) is 10.2. The van der Waals surface area contributed by atoms with Gasteiger partial charge in [-0.3, -0.25) is 14.3 Å². The number of aromatic nitrogens is 2. The predicted molar refractivity (Wildman–Crippen MR) is 75.2 cm³/mol. The fraction of sp³-hybridized carbons (Fsp3) is 0.667. The zero-order chi connectivity index (χ0) is 14.4. The molecule has 0 spiro atoms. The average Bonchev–Trinajstić information content (AvgIpc) is 3.39. The highest BCUT2D eigenvalue weighted by Gasteiger charge is 2.36. The third kappa shape index (κ3) is 2.66. The van der Waals surface area contributed by atoms with E-state index < -0.39 is 0 Å². The molecule has 0 aromatic carbocycles. The van der Waals surface area contributed by atoms with E-state index in [4.69, 9.17) is 0 Å². The molecule has 4 rings (SSSR count). The normalized spacial score (nSPS) is 24.6. The largest absolute Gasteiger partial charge is 0.351 e. The number of nitrogens with one attached hydrogen (secondary N) is 1. The second-order valence-corrected chi connectivity index (χ2v) is 6.49. The molecule has 0 saturated heterocycles. The van der Waals surface area contributed by atoms with Gasteiger partial charge in [0.2, 0.25) is 11.8 Å². The molecule has 6 nitrogen and oxygen atoms in total. The molecule has 21 heavy (non-hydrogen) atoms. The Hall–Kier alpha value is -1.85. The molecule has 1 aromatic rings. The third-order valence-electron chi connectivity index (χ3n) is 4.53. The molecule has 3 aliphatic rings. The standard InChI is InChI=1S/C15H20N4O2/c20-14(7-10-1-2-10)18-8-12-5-6-16-19(12)13(9-18)15(21)17-11-3-4-11/h5-6,10-11,13H,1-4,7-9H2,(H,17,21)/t13-/m1/s1. The Bertz CT molecular complexity index is 574. The van der Waals surface area contributed by atoms with Gasteiger partial charge in [0.05, 0.1) is 18.8 Å². The smallest absolute Gasteiger partial charge is 0.246 e. The SMILES string of the molecule is O=C(NC1CC1)[C@H]1CN(C(=O)CC2CC2)Cc2ccnn21. The van der Waals surface area contributed by atoms with Crippen LogP contribution in [0, 0.1) is 5.92 Å². The summed E-state index contributed by atoms with van der Waals surface area (Å²) in [5, 5.41) is 7.30. The van der Waals surface area contributed by atoms with Crippen LogP contribution in [0.3, 0.4) is 0 Å². The molecule has 1 atom stereocenters. The highest BCUT2D eigenvalue weighted by atomic mass is 16.2. The van der Waals surface area contributed by atoms with Crippen LogP contribution in [0.5, 0.6) is 0 Å². The van der Waals surface area contributed by atoms with Gasteiger partial charge in [-0.25, -0.2) is 0 Å². The second kappa shape index (κ2) is 4.86. The maximum atomic E-state index is 12.4. The molecule has 1 aromatic heterocycles. The number of carbonyl (C=O) groups excluding carboxylic acids is 2. The minimum absolute atomic E-state index is 0.00799. The minimum Gasteiger partial charge on any atom is -0.351 e. The quantitative estimate of drug-likeness (QED) is 0.893. The van der Waals surface area contributed by atoms with Gasteiger partial charge < -0.3 is 10.2 Å². The Kier molecular flexibility index (Phi) is 2.97. The lowest BCUT2D eigenvalue weighted by molar-refractivity contribution is -0.135. The fourth-order valence-corrected chi connectivity index (χ4v) is 2.90. The minimum atomic E-state index is -0.382. The lowest BCUT2D eigenvalue weighted by Crippen LogP contribution is -2.47. The van der Waals surface area contributed by atoms with Crippen molar-refractivity contribution in [1.82, 2.24) is 20.0 Å². The summed E-state index contributed by atoms with van der Waals surface area (Å²) in [6.07, 6.45) is 6.81. The van der Waals surface area contributed by atoms with Gasteiger partial charge in [-0.15, -0.1) is 0 Å². The van der Waals surface area contributed by atoms with Crippen molar-refractivity contribution < 1.29 is 9.59 Å². The Morgan fingerprint density at radius 2 is 2.10 bits per heavy atom. The number of rotatable bonds is 4. The maximum Gasteiger partial charge on any atom is 0.246 e. The van der Waals surface area contributed by atoms with E-state index in [1.807, 2.05) is 11.0 Å². The van der Waals surface area contributed by atoms with E-state index in [1.165, 1.54) is 12.8 Å². The van der Waals surface area contributed by atoms with Gasteiger partial charge in [-0.05, 0) is 37.7 Å². The molecular weight excluding hydrogens is 268 g/mol. The Morgan fingerprint density at radius 3 is 2.81 bits per heavy atom. The summed E-state index contributed by atoms with van der Waals surface area (Å²) >= 11 is 0. The molecular formula is C15H20N4O2. The zero-order valence-electron chi connectivity index (χ0n) is 12.0. The molecule has 2 fully saturated rings. The molecule has 2 saturated carbocycles. The van der Waals surface area contributed by atoms with Crippen molar-refractivity contribution in [1.29, 1.82) is 0 Å². The fourth-order valence-electron chi connectivity index (χ4n) is 2.90. The molecule has 6 heteroatoms. The summed E-state index contributed by atoms with van der Waals surface area (Å²) in [6.45, 7) is 1.01. The average molecular weight is 288 g/mol.